The van der Waals surface area contributed by atoms with E-state index < -0.39 is 21.6 Å². The standard InChI is InChI=1S/C13H16ClNO5S/c1-20-13(12(16)17)6-8-15(9-7-13)21(18,19)11-5-3-2-4-10(11)14/h2-5H,6-9H2,1H3,(H,16,17). The number of carbonyl (C=O) groups is 1. The van der Waals surface area contributed by atoms with Crippen molar-refractivity contribution in [3.05, 3.63) is 29.3 Å². The van der Waals surface area contributed by atoms with Crippen LogP contribution in [0.2, 0.25) is 5.02 Å². The van der Waals surface area contributed by atoms with E-state index >= 15 is 0 Å². The van der Waals surface area contributed by atoms with Crippen LogP contribution in [0, 0.1) is 0 Å². The van der Waals surface area contributed by atoms with Crippen molar-refractivity contribution >= 4 is 27.6 Å². The lowest BCUT2D eigenvalue weighted by atomic mass is 9.92. The number of rotatable bonds is 4. The van der Waals surface area contributed by atoms with Crippen molar-refractivity contribution in [2.24, 2.45) is 0 Å². The van der Waals surface area contributed by atoms with Crippen LogP contribution in [0.5, 0.6) is 0 Å². The van der Waals surface area contributed by atoms with Crippen molar-refractivity contribution in [3.8, 4) is 0 Å². The van der Waals surface area contributed by atoms with Crippen molar-refractivity contribution in [1.29, 1.82) is 0 Å². The number of piperidine rings is 1. The number of methoxy groups -OCH3 is 1. The smallest absolute Gasteiger partial charge is 0.336 e. The molecule has 1 aromatic carbocycles. The Hall–Kier alpha value is -1.15. The molecule has 0 aromatic heterocycles. The molecule has 1 N–H and O–H groups in total. The fourth-order valence-corrected chi connectivity index (χ4v) is 4.32. The molecule has 1 aromatic rings. The maximum absolute atomic E-state index is 12.5. The highest BCUT2D eigenvalue weighted by molar-refractivity contribution is 7.89. The van der Waals surface area contributed by atoms with Gasteiger partial charge < -0.3 is 9.84 Å². The number of nitrogens with zero attached hydrogens (tertiary/aromatic N) is 1. The topological polar surface area (TPSA) is 83.9 Å². The van der Waals surface area contributed by atoms with Gasteiger partial charge in [-0.25, -0.2) is 13.2 Å². The first-order valence-electron chi connectivity index (χ1n) is 6.37. The Morgan fingerprint density at radius 1 is 1.33 bits per heavy atom. The van der Waals surface area contributed by atoms with Gasteiger partial charge in [-0.15, -0.1) is 0 Å². The third-order valence-electron chi connectivity index (χ3n) is 3.77. The monoisotopic (exact) mass is 333 g/mol. The molecule has 0 atom stereocenters. The van der Waals surface area contributed by atoms with E-state index in [1.54, 1.807) is 12.1 Å². The molecule has 1 saturated heterocycles. The first-order valence-corrected chi connectivity index (χ1v) is 8.18. The number of halogens is 1. The molecule has 0 spiro atoms. The van der Waals surface area contributed by atoms with E-state index in [4.69, 9.17) is 16.3 Å². The predicted molar refractivity (Wildman–Crippen MR) is 76.8 cm³/mol. The van der Waals surface area contributed by atoms with Gasteiger partial charge in [0, 0.05) is 33.0 Å². The maximum atomic E-state index is 12.5. The number of benzene rings is 1. The second-order valence-corrected chi connectivity index (χ2v) is 7.15. The summed E-state index contributed by atoms with van der Waals surface area (Å²) in [5.41, 5.74) is -1.31. The van der Waals surface area contributed by atoms with Crippen LogP contribution in [0.1, 0.15) is 12.8 Å². The van der Waals surface area contributed by atoms with Gasteiger partial charge in [0.05, 0.1) is 5.02 Å². The Morgan fingerprint density at radius 2 is 1.90 bits per heavy atom. The zero-order valence-corrected chi connectivity index (χ0v) is 13.0. The van der Waals surface area contributed by atoms with Crippen molar-refractivity contribution in [3.63, 3.8) is 0 Å². The Kier molecular flexibility index (Phi) is 4.57. The minimum Gasteiger partial charge on any atom is -0.479 e. The average Bonchev–Trinajstić information content (AvgIpc) is 2.47. The maximum Gasteiger partial charge on any atom is 0.336 e. The van der Waals surface area contributed by atoms with Gasteiger partial charge in [-0.1, -0.05) is 23.7 Å². The molecule has 0 saturated carbocycles. The van der Waals surface area contributed by atoms with Crippen molar-refractivity contribution in [2.45, 2.75) is 23.3 Å². The lowest BCUT2D eigenvalue weighted by Crippen LogP contribution is -2.51. The van der Waals surface area contributed by atoms with Crippen LogP contribution in [0.3, 0.4) is 0 Å². The van der Waals surface area contributed by atoms with Gasteiger partial charge in [-0.2, -0.15) is 4.31 Å². The van der Waals surface area contributed by atoms with Gasteiger partial charge in [-0.05, 0) is 12.1 Å². The number of carboxylic acids is 1. The molecule has 0 aliphatic carbocycles. The SMILES string of the molecule is COC1(C(=O)O)CCN(S(=O)(=O)c2ccccc2Cl)CC1. The molecule has 1 aliphatic rings. The van der Waals surface area contributed by atoms with Crippen LogP contribution in [0.25, 0.3) is 0 Å². The van der Waals surface area contributed by atoms with Crippen molar-refractivity contribution < 1.29 is 23.1 Å². The van der Waals surface area contributed by atoms with Crippen LogP contribution in [0.4, 0.5) is 0 Å². The Balaban J connectivity index is 2.23. The Labute approximate surface area is 128 Å². The van der Waals surface area contributed by atoms with Crippen molar-refractivity contribution in [1.82, 2.24) is 4.31 Å². The molecule has 8 heteroatoms. The Bertz CT molecular complexity index is 638. The van der Waals surface area contributed by atoms with Gasteiger partial charge in [0.1, 0.15) is 4.90 Å². The molecule has 1 fully saturated rings. The van der Waals surface area contributed by atoms with Crippen LogP contribution in [0.15, 0.2) is 29.2 Å². The van der Waals surface area contributed by atoms with Gasteiger partial charge >= 0.3 is 5.97 Å². The summed E-state index contributed by atoms with van der Waals surface area (Å²) >= 11 is 5.94. The summed E-state index contributed by atoms with van der Waals surface area (Å²) < 4.78 is 31.4. The van der Waals surface area contributed by atoms with Crippen LogP contribution < -0.4 is 0 Å². The normalized spacial score (nSPS) is 19.3. The molecule has 0 bridgehead atoms. The molecule has 0 amide bonds. The molecule has 1 aliphatic heterocycles. The number of hydrogen-bond donors (Lipinski definition) is 1. The lowest BCUT2D eigenvalue weighted by Gasteiger charge is -2.37. The fraction of sp³-hybridized carbons (Fsp3) is 0.462. The van der Waals surface area contributed by atoms with Gasteiger partial charge in [0.15, 0.2) is 5.60 Å². The minimum absolute atomic E-state index is 0.0342. The molecule has 2 rings (SSSR count). The first kappa shape index (κ1) is 16.2. The highest BCUT2D eigenvalue weighted by Crippen LogP contribution is 2.31. The Morgan fingerprint density at radius 3 is 2.38 bits per heavy atom. The largest absolute Gasteiger partial charge is 0.479 e. The molecule has 0 radical (unpaired) electrons. The molecule has 0 unspecified atom stereocenters. The summed E-state index contributed by atoms with van der Waals surface area (Å²) in [4.78, 5) is 11.3. The quantitative estimate of drug-likeness (QED) is 0.904. The minimum atomic E-state index is -3.72. The molecule has 116 valence electrons. The van der Waals surface area contributed by atoms with Crippen molar-refractivity contribution in [2.75, 3.05) is 20.2 Å². The average molecular weight is 334 g/mol. The van der Waals surface area contributed by atoms with E-state index in [1.165, 1.54) is 23.5 Å². The zero-order chi connectivity index (χ0) is 15.7. The molecule has 21 heavy (non-hydrogen) atoms. The van der Waals surface area contributed by atoms with E-state index in [9.17, 15) is 18.3 Å². The van der Waals surface area contributed by atoms with Crippen LogP contribution in [-0.2, 0) is 19.6 Å². The second-order valence-electron chi connectivity index (χ2n) is 4.84. The third kappa shape index (κ3) is 2.91. The first-order chi connectivity index (χ1) is 9.83. The van der Waals surface area contributed by atoms with E-state index in [0.29, 0.717) is 0 Å². The molecule has 6 nitrogen and oxygen atoms in total. The van der Waals surface area contributed by atoms with Gasteiger partial charge in [-0.3, -0.25) is 0 Å². The van der Waals surface area contributed by atoms with E-state index in [2.05, 4.69) is 0 Å². The molecule has 1 heterocycles. The second kappa shape index (κ2) is 5.92. The summed E-state index contributed by atoms with van der Waals surface area (Å²) in [6, 6.07) is 6.19. The highest BCUT2D eigenvalue weighted by Gasteiger charge is 2.44. The summed E-state index contributed by atoms with van der Waals surface area (Å²) in [6.07, 6.45) is 0.199. The third-order valence-corrected chi connectivity index (χ3v) is 6.16. The summed E-state index contributed by atoms with van der Waals surface area (Å²) in [5, 5.41) is 9.38. The molecular weight excluding hydrogens is 318 g/mol. The summed E-state index contributed by atoms with van der Waals surface area (Å²) in [6.45, 7) is 0.154. The number of sulfonamides is 1. The van der Waals surface area contributed by atoms with E-state index in [0.717, 1.165) is 0 Å². The number of hydrogen-bond acceptors (Lipinski definition) is 4. The summed E-state index contributed by atoms with van der Waals surface area (Å²) in [7, 11) is -2.40. The lowest BCUT2D eigenvalue weighted by molar-refractivity contribution is -0.166. The zero-order valence-electron chi connectivity index (χ0n) is 11.5. The number of aliphatic carboxylic acids is 1. The fourth-order valence-electron chi connectivity index (χ4n) is 2.39. The van der Waals surface area contributed by atoms with E-state index in [1.807, 2.05) is 0 Å². The van der Waals surface area contributed by atoms with Gasteiger partial charge in [0.2, 0.25) is 10.0 Å². The highest BCUT2D eigenvalue weighted by atomic mass is 35.5. The molecular formula is C13H16ClNO5S. The van der Waals surface area contributed by atoms with Gasteiger partial charge in [0.25, 0.3) is 0 Å². The van der Waals surface area contributed by atoms with Crippen LogP contribution >= 0.6 is 11.6 Å². The predicted octanol–water partition coefficient (Wildman–Crippen LogP) is 1.59. The van der Waals surface area contributed by atoms with Crippen LogP contribution in [-0.4, -0.2) is 49.6 Å². The number of ether oxygens (including phenoxy) is 1. The summed E-state index contributed by atoms with van der Waals surface area (Å²) in [5.74, 6) is -1.07. The van der Waals surface area contributed by atoms with E-state index in [-0.39, 0.29) is 35.8 Å². The number of carboxylic acid groups (broad SMARTS) is 1.